The lowest BCUT2D eigenvalue weighted by Crippen LogP contribution is -2.37. The molecule has 1 aliphatic heterocycles. The van der Waals surface area contributed by atoms with Gasteiger partial charge in [-0.05, 0) is 30.2 Å². The minimum atomic E-state index is -0.170. The first-order valence-corrected chi connectivity index (χ1v) is 4.93. The number of nitrogens with two attached hydrogens (primary N) is 1. The number of hydrogen-bond acceptors (Lipinski definition) is 2. The second kappa shape index (κ2) is 3.67. The lowest BCUT2D eigenvalue weighted by Gasteiger charge is -2.29. The Labute approximate surface area is 83.3 Å². The van der Waals surface area contributed by atoms with E-state index in [9.17, 15) is 4.39 Å². The molecule has 2 rings (SSSR count). The first-order valence-electron chi connectivity index (χ1n) is 4.93. The van der Waals surface area contributed by atoms with E-state index in [1.54, 1.807) is 6.07 Å². The highest BCUT2D eigenvalue weighted by molar-refractivity contribution is 5.34. The molecule has 0 aromatic heterocycles. The first kappa shape index (κ1) is 9.62. The summed E-state index contributed by atoms with van der Waals surface area (Å²) in [5.41, 5.74) is 8.10. The Morgan fingerprint density at radius 2 is 2.36 bits per heavy atom. The van der Waals surface area contributed by atoms with Crippen LogP contribution in [0.3, 0.4) is 0 Å². The topological polar surface area (TPSA) is 38.0 Å². The molecule has 2 nitrogen and oxygen atoms in total. The Hall–Kier alpha value is -0.930. The normalized spacial score (nSPS) is 22.9. The van der Waals surface area contributed by atoms with Crippen LogP contribution in [0.25, 0.3) is 0 Å². The number of benzene rings is 1. The molecule has 0 aliphatic carbocycles. The molecule has 3 heteroatoms. The van der Waals surface area contributed by atoms with Crippen LogP contribution in [-0.2, 0) is 6.54 Å². The highest BCUT2D eigenvalue weighted by Gasteiger charge is 2.23. The Kier molecular flexibility index (Phi) is 2.52. The lowest BCUT2D eigenvalue weighted by atomic mass is 9.86. The summed E-state index contributed by atoms with van der Waals surface area (Å²) in [7, 11) is 0. The first-order chi connectivity index (χ1) is 6.68. The maximum atomic E-state index is 13.1. The van der Waals surface area contributed by atoms with Crippen molar-refractivity contribution in [3.63, 3.8) is 0 Å². The van der Waals surface area contributed by atoms with Gasteiger partial charge in [-0.15, -0.1) is 0 Å². The van der Waals surface area contributed by atoms with Gasteiger partial charge in [-0.1, -0.05) is 6.07 Å². The molecule has 2 atom stereocenters. The van der Waals surface area contributed by atoms with Crippen LogP contribution in [0.4, 0.5) is 4.39 Å². The molecule has 0 amide bonds. The highest BCUT2D eigenvalue weighted by atomic mass is 19.1. The third-order valence-electron chi connectivity index (χ3n) is 2.82. The standard InChI is InChI=1S/C11H15FN2/c1-7(13)11-6-14-5-8-2-3-9(12)4-10(8)11/h2-4,7,11,14H,5-6,13H2,1H3. The van der Waals surface area contributed by atoms with Crippen molar-refractivity contribution in [2.75, 3.05) is 6.54 Å². The Balaban J connectivity index is 2.41. The van der Waals surface area contributed by atoms with Crippen LogP contribution < -0.4 is 11.1 Å². The minimum absolute atomic E-state index is 0.0587. The van der Waals surface area contributed by atoms with Crippen LogP contribution in [0, 0.1) is 5.82 Å². The van der Waals surface area contributed by atoms with Crippen molar-refractivity contribution in [3.8, 4) is 0 Å². The summed E-state index contributed by atoms with van der Waals surface area (Å²) in [4.78, 5) is 0. The Morgan fingerprint density at radius 1 is 1.57 bits per heavy atom. The highest BCUT2D eigenvalue weighted by Crippen LogP contribution is 2.26. The maximum Gasteiger partial charge on any atom is 0.123 e. The van der Waals surface area contributed by atoms with Crippen LogP contribution in [0.15, 0.2) is 18.2 Å². The van der Waals surface area contributed by atoms with Gasteiger partial charge in [0.25, 0.3) is 0 Å². The van der Waals surface area contributed by atoms with E-state index in [0.717, 1.165) is 18.7 Å². The zero-order valence-corrected chi connectivity index (χ0v) is 8.26. The second-order valence-electron chi connectivity index (χ2n) is 3.94. The lowest BCUT2D eigenvalue weighted by molar-refractivity contribution is 0.478. The van der Waals surface area contributed by atoms with Gasteiger partial charge < -0.3 is 11.1 Å². The average molecular weight is 194 g/mol. The summed E-state index contributed by atoms with van der Waals surface area (Å²) in [5, 5.41) is 3.29. The van der Waals surface area contributed by atoms with E-state index in [2.05, 4.69) is 5.32 Å². The molecule has 3 N–H and O–H groups in total. The molecule has 0 radical (unpaired) electrons. The molecule has 2 unspecified atom stereocenters. The fourth-order valence-corrected chi connectivity index (χ4v) is 2.01. The SMILES string of the molecule is CC(N)C1CNCc2ccc(F)cc21. The minimum Gasteiger partial charge on any atom is -0.327 e. The average Bonchev–Trinajstić information content (AvgIpc) is 2.16. The van der Waals surface area contributed by atoms with Crippen LogP contribution in [0.2, 0.25) is 0 Å². The van der Waals surface area contributed by atoms with Crippen molar-refractivity contribution < 1.29 is 4.39 Å². The third kappa shape index (κ3) is 1.65. The quantitative estimate of drug-likeness (QED) is 0.708. The largest absolute Gasteiger partial charge is 0.327 e. The summed E-state index contributed by atoms with van der Waals surface area (Å²) < 4.78 is 13.1. The molecule has 1 heterocycles. The molecule has 1 aromatic carbocycles. The number of hydrogen-bond donors (Lipinski definition) is 2. The molecule has 0 fully saturated rings. The van der Waals surface area contributed by atoms with Crippen LogP contribution >= 0.6 is 0 Å². The van der Waals surface area contributed by atoms with E-state index in [1.807, 2.05) is 13.0 Å². The fourth-order valence-electron chi connectivity index (χ4n) is 2.01. The Bertz CT molecular complexity index is 336. The number of nitrogens with one attached hydrogen (secondary N) is 1. The van der Waals surface area contributed by atoms with Gasteiger partial charge in [0.2, 0.25) is 0 Å². The van der Waals surface area contributed by atoms with E-state index < -0.39 is 0 Å². The summed E-state index contributed by atoms with van der Waals surface area (Å²) >= 11 is 0. The third-order valence-corrected chi connectivity index (χ3v) is 2.82. The van der Waals surface area contributed by atoms with Gasteiger partial charge in [-0.25, -0.2) is 4.39 Å². The van der Waals surface area contributed by atoms with Crippen molar-refractivity contribution in [1.82, 2.24) is 5.32 Å². The smallest absolute Gasteiger partial charge is 0.123 e. The molecule has 1 aromatic rings. The maximum absolute atomic E-state index is 13.1. The summed E-state index contributed by atoms with van der Waals surface area (Å²) in [5.74, 6) is 0.0609. The molecule has 1 aliphatic rings. The van der Waals surface area contributed by atoms with E-state index in [4.69, 9.17) is 5.73 Å². The zero-order valence-electron chi connectivity index (χ0n) is 8.26. The van der Waals surface area contributed by atoms with Gasteiger partial charge in [0, 0.05) is 25.0 Å². The molecule has 0 saturated carbocycles. The van der Waals surface area contributed by atoms with Crippen molar-refractivity contribution in [3.05, 3.63) is 35.1 Å². The summed E-state index contributed by atoms with van der Waals surface area (Å²) in [6.45, 7) is 3.62. The summed E-state index contributed by atoms with van der Waals surface area (Å²) in [6, 6.07) is 5.02. The Morgan fingerprint density at radius 3 is 3.07 bits per heavy atom. The van der Waals surface area contributed by atoms with Gasteiger partial charge >= 0.3 is 0 Å². The van der Waals surface area contributed by atoms with Crippen molar-refractivity contribution in [2.24, 2.45) is 5.73 Å². The van der Waals surface area contributed by atoms with Gasteiger partial charge in [-0.2, -0.15) is 0 Å². The second-order valence-corrected chi connectivity index (χ2v) is 3.94. The monoisotopic (exact) mass is 194 g/mol. The van der Waals surface area contributed by atoms with Crippen molar-refractivity contribution in [2.45, 2.75) is 25.4 Å². The van der Waals surface area contributed by atoms with Gasteiger partial charge in [0.1, 0.15) is 5.82 Å². The van der Waals surface area contributed by atoms with Crippen molar-refractivity contribution >= 4 is 0 Å². The fraction of sp³-hybridized carbons (Fsp3) is 0.455. The van der Waals surface area contributed by atoms with Crippen molar-refractivity contribution in [1.29, 1.82) is 0 Å². The van der Waals surface area contributed by atoms with Crippen LogP contribution in [-0.4, -0.2) is 12.6 Å². The van der Waals surface area contributed by atoms with Crippen LogP contribution in [0.5, 0.6) is 0 Å². The molecular formula is C11H15FN2. The number of rotatable bonds is 1. The summed E-state index contributed by atoms with van der Waals surface area (Å²) in [6.07, 6.45) is 0. The molecule has 14 heavy (non-hydrogen) atoms. The van der Waals surface area contributed by atoms with Crippen LogP contribution in [0.1, 0.15) is 24.0 Å². The van der Waals surface area contributed by atoms with E-state index >= 15 is 0 Å². The van der Waals surface area contributed by atoms with E-state index in [1.165, 1.54) is 11.6 Å². The predicted molar refractivity (Wildman–Crippen MR) is 54.5 cm³/mol. The van der Waals surface area contributed by atoms with Gasteiger partial charge in [-0.3, -0.25) is 0 Å². The molecule has 0 bridgehead atoms. The number of fused-ring (bicyclic) bond motifs is 1. The molecule has 0 saturated heterocycles. The van der Waals surface area contributed by atoms with Gasteiger partial charge in [0.15, 0.2) is 0 Å². The zero-order chi connectivity index (χ0) is 10.1. The van der Waals surface area contributed by atoms with E-state index in [-0.39, 0.29) is 17.8 Å². The number of halogens is 1. The predicted octanol–water partition coefficient (Wildman–Crippen LogP) is 1.36. The molecule has 0 spiro atoms. The molecule has 76 valence electrons. The van der Waals surface area contributed by atoms with E-state index in [0.29, 0.717) is 0 Å². The molecular weight excluding hydrogens is 179 g/mol. The van der Waals surface area contributed by atoms with Gasteiger partial charge in [0.05, 0.1) is 0 Å².